The fourth-order valence-electron chi connectivity index (χ4n) is 3.52. The number of nitrogens with zero attached hydrogens (tertiary/aromatic N) is 3. The quantitative estimate of drug-likeness (QED) is 0.716. The van der Waals surface area contributed by atoms with Crippen molar-refractivity contribution in [1.82, 2.24) is 15.2 Å². The molecule has 30 heavy (non-hydrogen) atoms. The molecule has 0 spiro atoms. The SMILES string of the molecule is CCCC(C)NC(=O)c1ccc(N2CCN(C(=O)c3cc(Cl)cc(Cl)c3)CC2)nc1. The molecular formula is C22H26Cl2N4O2. The summed E-state index contributed by atoms with van der Waals surface area (Å²) in [5.74, 6) is 0.608. The summed E-state index contributed by atoms with van der Waals surface area (Å²) in [5.41, 5.74) is 1.04. The molecule has 1 aliphatic rings. The summed E-state index contributed by atoms with van der Waals surface area (Å²) in [7, 11) is 0. The maximum atomic E-state index is 12.7. The number of rotatable bonds is 6. The molecule has 1 N–H and O–H groups in total. The molecule has 3 rings (SSSR count). The summed E-state index contributed by atoms with van der Waals surface area (Å²) in [6.45, 7) is 6.55. The Morgan fingerprint density at radius 1 is 1.07 bits per heavy atom. The topological polar surface area (TPSA) is 65.5 Å². The van der Waals surface area contributed by atoms with Gasteiger partial charge in [-0.15, -0.1) is 0 Å². The number of hydrogen-bond donors (Lipinski definition) is 1. The first-order valence-electron chi connectivity index (χ1n) is 10.1. The van der Waals surface area contributed by atoms with Gasteiger partial charge in [-0.05, 0) is 43.7 Å². The Balaban J connectivity index is 1.57. The Morgan fingerprint density at radius 2 is 1.73 bits per heavy atom. The molecule has 6 nitrogen and oxygen atoms in total. The maximum Gasteiger partial charge on any atom is 0.254 e. The molecule has 1 aliphatic heterocycles. The fraction of sp³-hybridized carbons (Fsp3) is 0.409. The number of carbonyl (C=O) groups excluding carboxylic acids is 2. The first-order chi connectivity index (χ1) is 14.4. The van der Waals surface area contributed by atoms with Crippen LogP contribution in [-0.4, -0.2) is 53.9 Å². The lowest BCUT2D eigenvalue weighted by Crippen LogP contribution is -2.49. The second-order valence-corrected chi connectivity index (χ2v) is 8.38. The smallest absolute Gasteiger partial charge is 0.254 e. The van der Waals surface area contributed by atoms with Gasteiger partial charge in [0.15, 0.2) is 0 Å². The van der Waals surface area contributed by atoms with E-state index in [2.05, 4.69) is 22.1 Å². The van der Waals surface area contributed by atoms with Gasteiger partial charge in [-0.25, -0.2) is 4.98 Å². The van der Waals surface area contributed by atoms with Gasteiger partial charge in [0.1, 0.15) is 5.82 Å². The number of amides is 2. The van der Waals surface area contributed by atoms with Crippen LogP contribution in [0.25, 0.3) is 0 Å². The normalized spacial score (nSPS) is 15.1. The van der Waals surface area contributed by atoms with E-state index in [1.54, 1.807) is 35.4 Å². The Labute approximate surface area is 187 Å². The van der Waals surface area contributed by atoms with Gasteiger partial charge in [0, 0.05) is 54.0 Å². The summed E-state index contributed by atoms with van der Waals surface area (Å²) in [5, 5.41) is 3.87. The minimum atomic E-state index is -0.106. The van der Waals surface area contributed by atoms with Gasteiger partial charge in [0.05, 0.1) is 5.56 Å². The summed E-state index contributed by atoms with van der Waals surface area (Å²) in [4.78, 5) is 33.4. The molecule has 0 bridgehead atoms. The first-order valence-corrected chi connectivity index (χ1v) is 10.9. The molecule has 1 unspecified atom stereocenters. The summed E-state index contributed by atoms with van der Waals surface area (Å²) in [6.07, 6.45) is 3.58. The van der Waals surface area contributed by atoms with Crippen molar-refractivity contribution >= 4 is 40.8 Å². The molecular weight excluding hydrogens is 423 g/mol. The van der Waals surface area contributed by atoms with Crippen molar-refractivity contribution < 1.29 is 9.59 Å². The predicted molar refractivity (Wildman–Crippen MR) is 121 cm³/mol. The van der Waals surface area contributed by atoms with Gasteiger partial charge in [-0.2, -0.15) is 0 Å². The fourth-order valence-corrected chi connectivity index (χ4v) is 4.04. The van der Waals surface area contributed by atoms with Crippen molar-refractivity contribution in [2.75, 3.05) is 31.1 Å². The largest absolute Gasteiger partial charge is 0.353 e. The van der Waals surface area contributed by atoms with Crippen LogP contribution in [0.15, 0.2) is 36.5 Å². The molecule has 2 heterocycles. The number of benzene rings is 1. The van der Waals surface area contributed by atoms with Crippen LogP contribution < -0.4 is 10.2 Å². The average molecular weight is 449 g/mol. The minimum Gasteiger partial charge on any atom is -0.353 e. The second-order valence-electron chi connectivity index (χ2n) is 7.51. The second kappa shape index (κ2) is 10.1. The van der Waals surface area contributed by atoms with E-state index < -0.39 is 0 Å². The van der Waals surface area contributed by atoms with E-state index in [1.807, 2.05) is 13.0 Å². The van der Waals surface area contributed by atoms with Gasteiger partial charge in [-0.3, -0.25) is 9.59 Å². The van der Waals surface area contributed by atoms with Crippen LogP contribution in [-0.2, 0) is 0 Å². The van der Waals surface area contributed by atoms with E-state index in [1.165, 1.54) is 0 Å². The maximum absolute atomic E-state index is 12.7. The highest BCUT2D eigenvalue weighted by Crippen LogP contribution is 2.21. The van der Waals surface area contributed by atoms with E-state index in [9.17, 15) is 9.59 Å². The van der Waals surface area contributed by atoms with Crippen LogP contribution in [0.2, 0.25) is 10.0 Å². The highest BCUT2D eigenvalue weighted by atomic mass is 35.5. The molecule has 1 saturated heterocycles. The van der Waals surface area contributed by atoms with Crippen LogP contribution >= 0.6 is 23.2 Å². The molecule has 160 valence electrons. The Hall–Kier alpha value is -2.31. The van der Waals surface area contributed by atoms with Gasteiger partial charge in [0.2, 0.25) is 0 Å². The van der Waals surface area contributed by atoms with E-state index in [4.69, 9.17) is 23.2 Å². The standard InChI is InChI=1S/C22H26Cl2N4O2/c1-3-4-15(2)26-21(29)16-5-6-20(25-14-16)27-7-9-28(10-8-27)22(30)17-11-18(23)13-19(24)12-17/h5-6,11-15H,3-4,7-10H2,1-2H3,(H,26,29). The molecule has 2 aromatic rings. The number of aromatic nitrogens is 1. The van der Waals surface area contributed by atoms with Crippen molar-refractivity contribution in [3.8, 4) is 0 Å². The zero-order valence-electron chi connectivity index (χ0n) is 17.2. The van der Waals surface area contributed by atoms with Crippen molar-refractivity contribution in [3.05, 3.63) is 57.7 Å². The lowest BCUT2D eigenvalue weighted by atomic mass is 10.1. The number of nitrogens with one attached hydrogen (secondary N) is 1. The van der Waals surface area contributed by atoms with Crippen LogP contribution in [0.3, 0.4) is 0 Å². The molecule has 0 aliphatic carbocycles. The third-order valence-corrected chi connectivity index (χ3v) is 5.55. The molecule has 2 amide bonds. The van der Waals surface area contributed by atoms with Gasteiger partial charge in [0.25, 0.3) is 11.8 Å². The highest BCUT2D eigenvalue weighted by Gasteiger charge is 2.23. The van der Waals surface area contributed by atoms with Gasteiger partial charge < -0.3 is 15.1 Å². The number of pyridine rings is 1. The molecule has 1 atom stereocenters. The minimum absolute atomic E-state index is 0.0831. The lowest BCUT2D eigenvalue weighted by molar-refractivity contribution is 0.0746. The first kappa shape index (κ1) is 22.4. The summed E-state index contributed by atoms with van der Waals surface area (Å²) >= 11 is 12.0. The van der Waals surface area contributed by atoms with Crippen LogP contribution in [0, 0.1) is 0 Å². The highest BCUT2D eigenvalue weighted by molar-refractivity contribution is 6.35. The molecule has 0 saturated carbocycles. The van der Waals surface area contributed by atoms with E-state index in [0.29, 0.717) is 47.4 Å². The third kappa shape index (κ3) is 5.64. The molecule has 1 aromatic carbocycles. The van der Waals surface area contributed by atoms with Gasteiger partial charge >= 0.3 is 0 Å². The molecule has 8 heteroatoms. The number of carbonyl (C=O) groups is 2. The van der Waals surface area contributed by atoms with Crippen molar-refractivity contribution in [2.45, 2.75) is 32.7 Å². The summed E-state index contributed by atoms with van der Waals surface area (Å²) < 4.78 is 0. The van der Waals surface area contributed by atoms with Gasteiger partial charge in [-0.1, -0.05) is 36.5 Å². The zero-order valence-corrected chi connectivity index (χ0v) is 18.7. The Kier molecular flexibility index (Phi) is 7.56. The van der Waals surface area contributed by atoms with Crippen molar-refractivity contribution in [3.63, 3.8) is 0 Å². The zero-order chi connectivity index (χ0) is 21.7. The predicted octanol–water partition coefficient (Wildman–Crippen LogP) is 4.27. The lowest BCUT2D eigenvalue weighted by Gasteiger charge is -2.35. The number of anilines is 1. The van der Waals surface area contributed by atoms with E-state index in [0.717, 1.165) is 18.7 Å². The summed E-state index contributed by atoms with van der Waals surface area (Å²) in [6, 6.07) is 8.67. The Morgan fingerprint density at radius 3 is 2.30 bits per heavy atom. The monoisotopic (exact) mass is 448 g/mol. The van der Waals surface area contributed by atoms with Crippen molar-refractivity contribution in [1.29, 1.82) is 0 Å². The van der Waals surface area contributed by atoms with E-state index in [-0.39, 0.29) is 17.9 Å². The van der Waals surface area contributed by atoms with Crippen LogP contribution in [0.4, 0.5) is 5.82 Å². The van der Waals surface area contributed by atoms with Crippen LogP contribution in [0.1, 0.15) is 47.4 Å². The number of piperazine rings is 1. The van der Waals surface area contributed by atoms with E-state index >= 15 is 0 Å². The Bertz CT molecular complexity index is 876. The molecule has 1 fully saturated rings. The average Bonchev–Trinajstić information content (AvgIpc) is 2.73. The molecule has 0 radical (unpaired) electrons. The van der Waals surface area contributed by atoms with Crippen molar-refractivity contribution in [2.24, 2.45) is 0 Å². The molecule has 1 aromatic heterocycles. The number of halogens is 2. The van der Waals surface area contributed by atoms with Crippen LogP contribution in [0.5, 0.6) is 0 Å². The number of hydrogen-bond acceptors (Lipinski definition) is 4. The third-order valence-electron chi connectivity index (χ3n) is 5.11.